The maximum atomic E-state index is 11.6. The lowest BCUT2D eigenvalue weighted by atomic mass is 10.1. The average molecular weight is 236 g/mol. The Balaban J connectivity index is 0.000000581. The van der Waals surface area contributed by atoms with Gasteiger partial charge < -0.3 is 9.88 Å². The van der Waals surface area contributed by atoms with Crippen LogP contribution in [0.3, 0.4) is 0 Å². The minimum Gasteiger partial charge on any atom is -0.375 e. The normalized spacial score (nSPS) is 11.8. The number of aromatic nitrogens is 1. The van der Waals surface area contributed by atoms with Gasteiger partial charge in [0.15, 0.2) is 5.43 Å². The minimum atomic E-state index is 0.137. The Kier molecular flexibility index (Phi) is 7.03. The number of aryl methyl sites for hydroxylation is 1. The Morgan fingerprint density at radius 3 is 2.41 bits per heavy atom. The largest absolute Gasteiger partial charge is 0.375 e. The maximum Gasteiger partial charge on any atom is 0.192 e. The van der Waals surface area contributed by atoms with E-state index in [2.05, 4.69) is 4.98 Å². The molecule has 0 amide bonds. The number of rotatable bonds is 0. The molecule has 0 unspecified atom stereocenters. The monoisotopic (exact) mass is 236 g/mol. The third kappa shape index (κ3) is 3.77. The van der Waals surface area contributed by atoms with Gasteiger partial charge in [-0.3, -0.25) is 4.79 Å². The summed E-state index contributed by atoms with van der Waals surface area (Å²) in [6.07, 6.45) is 5.57. The van der Waals surface area contributed by atoms with Gasteiger partial charge in [0, 0.05) is 30.1 Å². The molecule has 96 valence electrons. The zero-order valence-corrected chi connectivity index (χ0v) is 11.8. The van der Waals surface area contributed by atoms with Crippen LogP contribution in [0.5, 0.6) is 0 Å². The SMILES string of the molecule is CC.CC.Cc1c[nH]c2c(c1=O)C=CN(C)C2. The second-order valence-corrected chi connectivity index (χ2v) is 3.42. The molecule has 1 aromatic rings. The maximum absolute atomic E-state index is 11.6. The summed E-state index contributed by atoms with van der Waals surface area (Å²) in [6, 6.07) is 0. The molecule has 0 saturated carbocycles. The molecule has 0 atom stereocenters. The number of aromatic amines is 1. The molecule has 0 fully saturated rings. The van der Waals surface area contributed by atoms with E-state index < -0.39 is 0 Å². The summed E-state index contributed by atoms with van der Waals surface area (Å²) in [5.41, 5.74) is 2.71. The fraction of sp³-hybridized carbons (Fsp3) is 0.500. The lowest BCUT2D eigenvalue weighted by molar-refractivity contribution is 0.440. The molecule has 1 N–H and O–H groups in total. The van der Waals surface area contributed by atoms with Crippen molar-refractivity contribution >= 4 is 6.08 Å². The van der Waals surface area contributed by atoms with Gasteiger partial charge in [-0.05, 0) is 19.2 Å². The molecule has 0 bridgehead atoms. The van der Waals surface area contributed by atoms with Crippen LogP contribution in [-0.2, 0) is 6.54 Å². The van der Waals surface area contributed by atoms with Crippen LogP contribution in [0.25, 0.3) is 6.08 Å². The lowest BCUT2D eigenvalue weighted by Crippen LogP contribution is -2.22. The van der Waals surface area contributed by atoms with Crippen molar-refractivity contribution in [1.82, 2.24) is 9.88 Å². The first-order valence-electron chi connectivity index (χ1n) is 6.28. The van der Waals surface area contributed by atoms with Crippen LogP contribution < -0.4 is 5.43 Å². The first-order valence-corrected chi connectivity index (χ1v) is 6.28. The van der Waals surface area contributed by atoms with Crippen molar-refractivity contribution in [3.8, 4) is 0 Å². The second-order valence-electron chi connectivity index (χ2n) is 3.42. The van der Waals surface area contributed by atoms with Crippen molar-refractivity contribution in [2.45, 2.75) is 41.2 Å². The predicted molar refractivity (Wildman–Crippen MR) is 75.0 cm³/mol. The Morgan fingerprint density at radius 1 is 1.24 bits per heavy atom. The highest BCUT2D eigenvalue weighted by Gasteiger charge is 2.11. The molecular weight excluding hydrogens is 212 g/mol. The molecule has 0 radical (unpaired) electrons. The molecule has 0 spiro atoms. The number of nitrogens with zero attached hydrogens (tertiary/aromatic N) is 1. The van der Waals surface area contributed by atoms with Crippen LogP contribution in [0.4, 0.5) is 0 Å². The van der Waals surface area contributed by atoms with Gasteiger partial charge in [0.05, 0.1) is 6.54 Å². The molecule has 1 aliphatic heterocycles. The fourth-order valence-electron chi connectivity index (χ4n) is 1.50. The van der Waals surface area contributed by atoms with Gasteiger partial charge in [-0.15, -0.1) is 0 Å². The average Bonchev–Trinajstić information content (AvgIpc) is 2.39. The topological polar surface area (TPSA) is 36.1 Å². The quantitative estimate of drug-likeness (QED) is 0.751. The van der Waals surface area contributed by atoms with Crippen molar-refractivity contribution in [2.75, 3.05) is 7.05 Å². The van der Waals surface area contributed by atoms with Gasteiger partial charge in [0.1, 0.15) is 0 Å². The summed E-state index contributed by atoms with van der Waals surface area (Å²) in [6.45, 7) is 10.6. The van der Waals surface area contributed by atoms with Crippen molar-refractivity contribution < 1.29 is 0 Å². The summed E-state index contributed by atoms with van der Waals surface area (Å²) in [5, 5.41) is 0. The Labute approximate surface area is 104 Å². The van der Waals surface area contributed by atoms with E-state index in [1.54, 1.807) is 6.20 Å². The number of H-pyrrole nitrogens is 1. The standard InChI is InChI=1S/C10H12N2O.2C2H6/c1-7-5-11-9-6-12(2)4-3-8(9)10(7)13;2*1-2/h3-5H,6H2,1-2H3,(H,11,13);2*1-2H3. The Hall–Kier alpha value is -1.51. The predicted octanol–water partition coefficient (Wildman–Crippen LogP) is 3.15. The zero-order chi connectivity index (χ0) is 13.4. The van der Waals surface area contributed by atoms with Crippen molar-refractivity contribution in [1.29, 1.82) is 0 Å². The molecular formula is C14H24N2O. The second kappa shape index (κ2) is 7.71. The van der Waals surface area contributed by atoms with Gasteiger partial charge in [-0.2, -0.15) is 0 Å². The third-order valence-electron chi connectivity index (χ3n) is 2.29. The lowest BCUT2D eigenvalue weighted by Gasteiger charge is -2.20. The fourth-order valence-corrected chi connectivity index (χ4v) is 1.50. The van der Waals surface area contributed by atoms with Crippen molar-refractivity contribution in [3.63, 3.8) is 0 Å². The summed E-state index contributed by atoms with van der Waals surface area (Å²) in [7, 11) is 1.98. The van der Waals surface area contributed by atoms with Gasteiger partial charge in [0.25, 0.3) is 0 Å². The number of pyridine rings is 1. The highest BCUT2D eigenvalue weighted by molar-refractivity contribution is 5.54. The van der Waals surface area contributed by atoms with E-state index in [-0.39, 0.29) is 5.43 Å². The number of fused-ring (bicyclic) bond motifs is 1. The summed E-state index contributed by atoms with van der Waals surface area (Å²) >= 11 is 0. The summed E-state index contributed by atoms with van der Waals surface area (Å²) in [5.74, 6) is 0. The molecule has 2 heterocycles. The van der Waals surface area contributed by atoms with E-state index in [4.69, 9.17) is 0 Å². The molecule has 1 aromatic heterocycles. The highest BCUT2D eigenvalue weighted by Crippen LogP contribution is 2.12. The van der Waals surface area contributed by atoms with Gasteiger partial charge >= 0.3 is 0 Å². The smallest absolute Gasteiger partial charge is 0.192 e. The first kappa shape index (κ1) is 15.5. The van der Waals surface area contributed by atoms with Crippen LogP contribution in [0, 0.1) is 6.92 Å². The van der Waals surface area contributed by atoms with E-state index in [0.717, 1.165) is 23.4 Å². The van der Waals surface area contributed by atoms with E-state index in [1.165, 1.54) is 0 Å². The van der Waals surface area contributed by atoms with E-state index in [0.29, 0.717) is 0 Å². The molecule has 2 rings (SSSR count). The number of hydrogen-bond donors (Lipinski definition) is 1. The van der Waals surface area contributed by atoms with Crippen LogP contribution >= 0.6 is 0 Å². The van der Waals surface area contributed by atoms with Crippen LogP contribution in [0.2, 0.25) is 0 Å². The highest BCUT2D eigenvalue weighted by atomic mass is 16.1. The van der Waals surface area contributed by atoms with E-state index in [1.807, 2.05) is 58.8 Å². The van der Waals surface area contributed by atoms with Gasteiger partial charge in [0.2, 0.25) is 0 Å². The number of hydrogen-bond acceptors (Lipinski definition) is 2. The summed E-state index contributed by atoms with van der Waals surface area (Å²) in [4.78, 5) is 16.8. The molecule has 0 aliphatic carbocycles. The van der Waals surface area contributed by atoms with Crippen molar-refractivity contribution in [3.05, 3.63) is 39.4 Å². The van der Waals surface area contributed by atoms with E-state index >= 15 is 0 Å². The third-order valence-corrected chi connectivity index (χ3v) is 2.29. The van der Waals surface area contributed by atoms with Crippen LogP contribution in [0.1, 0.15) is 44.5 Å². The molecule has 3 heteroatoms. The van der Waals surface area contributed by atoms with Crippen LogP contribution in [-0.4, -0.2) is 16.9 Å². The number of nitrogens with one attached hydrogen (secondary N) is 1. The molecule has 3 nitrogen and oxygen atoms in total. The van der Waals surface area contributed by atoms with Gasteiger partial charge in [-0.1, -0.05) is 27.7 Å². The molecule has 0 saturated heterocycles. The van der Waals surface area contributed by atoms with Gasteiger partial charge in [-0.25, -0.2) is 0 Å². The van der Waals surface area contributed by atoms with E-state index in [9.17, 15) is 4.79 Å². The Morgan fingerprint density at radius 2 is 1.82 bits per heavy atom. The van der Waals surface area contributed by atoms with Crippen molar-refractivity contribution in [2.24, 2.45) is 0 Å². The summed E-state index contributed by atoms with van der Waals surface area (Å²) < 4.78 is 0. The first-order chi connectivity index (χ1) is 8.18. The minimum absolute atomic E-state index is 0.137. The van der Waals surface area contributed by atoms with Crippen LogP contribution in [0.15, 0.2) is 17.2 Å². The Bertz CT molecular complexity index is 419. The molecule has 1 aliphatic rings. The zero-order valence-electron chi connectivity index (χ0n) is 11.8. The molecule has 0 aromatic carbocycles. The molecule has 17 heavy (non-hydrogen) atoms.